The van der Waals surface area contributed by atoms with Crippen LogP contribution in [0.5, 0.6) is 0 Å². The van der Waals surface area contributed by atoms with Crippen molar-refractivity contribution in [2.75, 3.05) is 5.33 Å². The summed E-state index contributed by atoms with van der Waals surface area (Å²) < 4.78 is 0. The van der Waals surface area contributed by atoms with Crippen molar-refractivity contribution in [2.45, 2.75) is 26.4 Å². The predicted octanol–water partition coefficient (Wildman–Crippen LogP) is 2.32. The summed E-state index contributed by atoms with van der Waals surface area (Å²) in [4.78, 5) is 4.36. The second kappa shape index (κ2) is 4.94. The van der Waals surface area contributed by atoms with Gasteiger partial charge >= 0.3 is 0 Å². The van der Waals surface area contributed by atoms with E-state index in [1.165, 1.54) is 5.01 Å². The summed E-state index contributed by atoms with van der Waals surface area (Å²) in [5.74, 6) is 0. The van der Waals surface area contributed by atoms with E-state index in [0.29, 0.717) is 6.04 Å². The highest BCUT2D eigenvalue weighted by atomic mass is 79.9. The minimum atomic E-state index is 0.509. The van der Waals surface area contributed by atoms with Gasteiger partial charge in [0.25, 0.3) is 0 Å². The molecule has 1 aromatic rings. The van der Waals surface area contributed by atoms with E-state index in [0.717, 1.165) is 17.6 Å². The Hall–Kier alpha value is 0.0700. The number of alkyl halides is 1. The fourth-order valence-corrected chi connectivity index (χ4v) is 1.75. The fraction of sp³-hybridized carbons (Fsp3) is 0.625. The van der Waals surface area contributed by atoms with Crippen LogP contribution in [0.2, 0.25) is 0 Å². The van der Waals surface area contributed by atoms with Crippen LogP contribution in [0.25, 0.3) is 0 Å². The van der Waals surface area contributed by atoms with Crippen molar-refractivity contribution in [3.63, 3.8) is 0 Å². The van der Waals surface area contributed by atoms with Gasteiger partial charge in [-0.2, -0.15) is 0 Å². The van der Waals surface area contributed by atoms with Gasteiger partial charge in [0.15, 0.2) is 0 Å². The molecule has 0 radical (unpaired) electrons. The van der Waals surface area contributed by atoms with E-state index in [4.69, 9.17) is 0 Å². The molecule has 0 fully saturated rings. The average molecular weight is 249 g/mol. The Morgan fingerprint density at radius 1 is 1.75 bits per heavy atom. The Morgan fingerprint density at radius 2 is 2.50 bits per heavy atom. The molecule has 1 heterocycles. The molecule has 0 saturated carbocycles. The van der Waals surface area contributed by atoms with Gasteiger partial charge in [-0.1, -0.05) is 15.9 Å². The first-order chi connectivity index (χ1) is 5.72. The first kappa shape index (κ1) is 10.2. The number of hydrogen-bond acceptors (Lipinski definition) is 3. The van der Waals surface area contributed by atoms with E-state index in [2.05, 4.69) is 38.5 Å². The van der Waals surface area contributed by atoms with Crippen molar-refractivity contribution in [3.8, 4) is 0 Å². The standard InChI is InChI=1S/C8H13BrN2S/c1-6(3-9)10-4-8-11-7(2)5-12-8/h5-6,10H,3-4H2,1-2H3. The van der Waals surface area contributed by atoms with Crippen molar-refractivity contribution in [1.82, 2.24) is 10.3 Å². The topological polar surface area (TPSA) is 24.9 Å². The molecule has 0 aliphatic heterocycles. The van der Waals surface area contributed by atoms with Gasteiger partial charge in [0.2, 0.25) is 0 Å². The van der Waals surface area contributed by atoms with Gasteiger partial charge in [-0.3, -0.25) is 0 Å². The lowest BCUT2D eigenvalue weighted by molar-refractivity contribution is 0.596. The van der Waals surface area contributed by atoms with E-state index in [9.17, 15) is 0 Å². The Labute approximate surface area is 85.5 Å². The Kier molecular flexibility index (Phi) is 4.18. The van der Waals surface area contributed by atoms with Gasteiger partial charge in [0.1, 0.15) is 5.01 Å². The molecule has 0 bridgehead atoms. The fourth-order valence-electron chi connectivity index (χ4n) is 0.800. The van der Waals surface area contributed by atoms with Gasteiger partial charge in [0.05, 0.1) is 0 Å². The quantitative estimate of drug-likeness (QED) is 0.828. The molecular weight excluding hydrogens is 236 g/mol. The number of aromatic nitrogens is 1. The predicted molar refractivity (Wildman–Crippen MR) is 56.9 cm³/mol. The number of halogens is 1. The molecule has 0 aliphatic rings. The van der Waals surface area contributed by atoms with Crippen molar-refractivity contribution in [2.24, 2.45) is 0 Å². The molecule has 4 heteroatoms. The highest BCUT2D eigenvalue weighted by molar-refractivity contribution is 9.09. The molecule has 0 aliphatic carbocycles. The summed E-state index contributed by atoms with van der Waals surface area (Å²) >= 11 is 5.13. The minimum Gasteiger partial charge on any atom is -0.307 e. The van der Waals surface area contributed by atoms with Crippen LogP contribution in [0.4, 0.5) is 0 Å². The summed E-state index contributed by atoms with van der Waals surface area (Å²) in [6.45, 7) is 5.05. The third-order valence-electron chi connectivity index (χ3n) is 1.50. The largest absolute Gasteiger partial charge is 0.307 e. The Morgan fingerprint density at radius 3 is 3.00 bits per heavy atom. The monoisotopic (exact) mass is 248 g/mol. The molecule has 1 atom stereocenters. The highest BCUT2D eigenvalue weighted by Crippen LogP contribution is 2.08. The first-order valence-electron chi connectivity index (χ1n) is 3.92. The van der Waals surface area contributed by atoms with Crippen LogP contribution in [0.15, 0.2) is 5.38 Å². The van der Waals surface area contributed by atoms with E-state index in [1.54, 1.807) is 11.3 Å². The smallest absolute Gasteiger partial charge is 0.107 e. The number of hydrogen-bond donors (Lipinski definition) is 1. The third-order valence-corrected chi connectivity index (χ3v) is 3.44. The zero-order valence-corrected chi connectivity index (χ0v) is 9.70. The van der Waals surface area contributed by atoms with Crippen LogP contribution < -0.4 is 5.32 Å². The summed E-state index contributed by atoms with van der Waals surface area (Å²) in [5.41, 5.74) is 1.11. The molecule has 2 nitrogen and oxygen atoms in total. The first-order valence-corrected chi connectivity index (χ1v) is 5.93. The van der Waals surface area contributed by atoms with Crippen LogP contribution in [0, 0.1) is 6.92 Å². The van der Waals surface area contributed by atoms with Crippen LogP contribution in [0.3, 0.4) is 0 Å². The van der Waals surface area contributed by atoms with E-state index in [-0.39, 0.29) is 0 Å². The van der Waals surface area contributed by atoms with Crippen LogP contribution >= 0.6 is 27.3 Å². The second-order valence-electron chi connectivity index (χ2n) is 2.82. The van der Waals surface area contributed by atoms with Crippen molar-refractivity contribution in [1.29, 1.82) is 0 Å². The summed E-state index contributed by atoms with van der Waals surface area (Å²) in [5, 5.41) is 7.59. The molecule has 68 valence electrons. The second-order valence-corrected chi connectivity index (χ2v) is 4.41. The third kappa shape index (κ3) is 3.21. The minimum absolute atomic E-state index is 0.509. The van der Waals surface area contributed by atoms with E-state index >= 15 is 0 Å². The molecule has 0 aromatic carbocycles. The molecule has 1 rings (SSSR count). The van der Waals surface area contributed by atoms with Gasteiger partial charge in [-0.15, -0.1) is 11.3 Å². The Balaban J connectivity index is 2.33. The normalized spacial score (nSPS) is 13.2. The molecule has 12 heavy (non-hydrogen) atoms. The van der Waals surface area contributed by atoms with Crippen molar-refractivity contribution in [3.05, 3.63) is 16.1 Å². The SMILES string of the molecule is Cc1csc(CNC(C)CBr)n1. The van der Waals surface area contributed by atoms with E-state index in [1.807, 2.05) is 6.92 Å². The number of nitrogens with one attached hydrogen (secondary N) is 1. The van der Waals surface area contributed by atoms with Crippen molar-refractivity contribution < 1.29 is 0 Å². The van der Waals surface area contributed by atoms with Crippen LogP contribution in [-0.4, -0.2) is 16.4 Å². The van der Waals surface area contributed by atoms with Crippen LogP contribution in [0.1, 0.15) is 17.6 Å². The maximum Gasteiger partial charge on any atom is 0.107 e. The molecule has 0 amide bonds. The highest BCUT2D eigenvalue weighted by Gasteiger charge is 2.01. The molecule has 0 spiro atoms. The number of nitrogens with zero attached hydrogens (tertiary/aromatic N) is 1. The van der Waals surface area contributed by atoms with E-state index < -0.39 is 0 Å². The number of aryl methyl sites for hydroxylation is 1. The van der Waals surface area contributed by atoms with Crippen molar-refractivity contribution >= 4 is 27.3 Å². The molecular formula is C8H13BrN2S. The Bertz CT molecular complexity index is 237. The number of thiazole rings is 1. The molecule has 1 N–H and O–H groups in total. The lowest BCUT2D eigenvalue weighted by Gasteiger charge is -2.07. The molecule has 1 aromatic heterocycles. The van der Waals surface area contributed by atoms with Gasteiger partial charge in [0, 0.05) is 29.0 Å². The lowest BCUT2D eigenvalue weighted by atomic mass is 10.4. The van der Waals surface area contributed by atoms with Gasteiger partial charge < -0.3 is 5.32 Å². The maximum absolute atomic E-state index is 4.36. The summed E-state index contributed by atoms with van der Waals surface area (Å²) in [6, 6.07) is 0.509. The lowest BCUT2D eigenvalue weighted by Crippen LogP contribution is -2.26. The summed E-state index contributed by atoms with van der Waals surface area (Å²) in [7, 11) is 0. The molecule has 0 saturated heterocycles. The van der Waals surface area contributed by atoms with Gasteiger partial charge in [-0.25, -0.2) is 4.98 Å². The van der Waals surface area contributed by atoms with Gasteiger partial charge in [-0.05, 0) is 13.8 Å². The maximum atomic E-state index is 4.36. The zero-order chi connectivity index (χ0) is 8.97. The average Bonchev–Trinajstić information content (AvgIpc) is 2.47. The number of rotatable bonds is 4. The van der Waals surface area contributed by atoms with Crippen LogP contribution in [-0.2, 0) is 6.54 Å². The zero-order valence-electron chi connectivity index (χ0n) is 7.30. The summed E-state index contributed by atoms with van der Waals surface area (Å²) in [6.07, 6.45) is 0. The molecule has 1 unspecified atom stereocenters.